The zero-order valence-corrected chi connectivity index (χ0v) is 14.2. The lowest BCUT2D eigenvalue weighted by molar-refractivity contribution is 0.0650. The van der Waals surface area contributed by atoms with E-state index < -0.39 is 0 Å². The van der Waals surface area contributed by atoms with E-state index in [9.17, 15) is 9.59 Å². The Morgan fingerprint density at radius 2 is 1.70 bits per heavy atom. The summed E-state index contributed by atoms with van der Waals surface area (Å²) in [6, 6.07) is 0.00750. The first-order chi connectivity index (χ1) is 10.8. The van der Waals surface area contributed by atoms with Crippen LogP contribution in [0.15, 0.2) is 9.98 Å². The van der Waals surface area contributed by atoms with Gasteiger partial charge in [-0.15, -0.1) is 0 Å². The zero-order valence-electron chi connectivity index (χ0n) is 14.2. The van der Waals surface area contributed by atoms with Gasteiger partial charge in [0, 0.05) is 0 Å². The first-order valence-electron chi connectivity index (χ1n) is 7.72. The van der Waals surface area contributed by atoms with E-state index in [0.717, 1.165) is 19.3 Å². The van der Waals surface area contributed by atoms with Crippen molar-refractivity contribution in [2.75, 3.05) is 33.0 Å². The molecule has 0 aromatic carbocycles. The fourth-order valence-corrected chi connectivity index (χ4v) is 3.32. The summed E-state index contributed by atoms with van der Waals surface area (Å²) < 4.78 is 4.63. The molecule has 1 fully saturated rings. The molecule has 2 atom stereocenters. The Hall–Kier alpha value is -1.36. The van der Waals surface area contributed by atoms with Gasteiger partial charge in [-0.05, 0) is 30.1 Å². The van der Waals surface area contributed by atoms with Crippen LogP contribution in [0.3, 0.4) is 0 Å². The normalized spacial score (nSPS) is 25.3. The van der Waals surface area contributed by atoms with Crippen molar-refractivity contribution >= 4 is 12.2 Å². The van der Waals surface area contributed by atoms with Crippen molar-refractivity contribution < 1.29 is 24.5 Å². The fraction of sp³-hybridized carbons (Fsp3) is 0.875. The van der Waals surface area contributed by atoms with Crippen LogP contribution in [0, 0.1) is 10.8 Å². The monoisotopic (exact) mass is 328 g/mol. The number of aliphatic hydroxyl groups is 2. The highest BCUT2D eigenvalue weighted by molar-refractivity contribution is 5.34. The van der Waals surface area contributed by atoms with Gasteiger partial charge in [-0.3, -0.25) is 0 Å². The Balaban J connectivity index is 0.000000585. The van der Waals surface area contributed by atoms with Crippen LogP contribution in [0.4, 0.5) is 0 Å². The van der Waals surface area contributed by atoms with Crippen LogP contribution in [0.5, 0.6) is 0 Å². The summed E-state index contributed by atoms with van der Waals surface area (Å²) in [5.74, 6) is 0. The number of nitrogens with zero attached hydrogens (tertiary/aromatic N) is 2. The minimum Gasteiger partial charge on any atom is -0.394 e. The molecule has 2 N–H and O–H groups in total. The third kappa shape index (κ3) is 10.1. The zero-order chi connectivity index (χ0) is 17.8. The van der Waals surface area contributed by atoms with Gasteiger partial charge in [0.2, 0.25) is 12.2 Å². The molecule has 0 bridgehead atoms. The van der Waals surface area contributed by atoms with Crippen molar-refractivity contribution in [1.82, 2.24) is 0 Å². The van der Waals surface area contributed by atoms with Crippen LogP contribution in [-0.2, 0) is 14.3 Å². The standard InChI is InChI=1S/C12H18N2O2.C4H10O3/c1-11(2)4-10(14-9-16)5-12(3,6-11)7-13-8-15;5-1-3-7-4-2-6/h10H,4-7H2,1-3H3;5-6H,1-4H2. The lowest BCUT2D eigenvalue weighted by atomic mass is 9.63. The van der Waals surface area contributed by atoms with Crippen molar-refractivity contribution in [2.24, 2.45) is 20.8 Å². The molecule has 0 aliphatic heterocycles. The SMILES string of the molecule is CC1(C)CC(N=C=O)CC(C)(CN=C=O)C1.OCCOCCO. The predicted molar refractivity (Wildman–Crippen MR) is 85.6 cm³/mol. The third-order valence-corrected chi connectivity index (χ3v) is 3.65. The Bertz CT molecular complexity index is 424. The van der Waals surface area contributed by atoms with Gasteiger partial charge in [0.1, 0.15) is 0 Å². The number of hydrogen-bond donors (Lipinski definition) is 2. The summed E-state index contributed by atoms with van der Waals surface area (Å²) in [5.41, 5.74) is 0.0561. The summed E-state index contributed by atoms with van der Waals surface area (Å²) >= 11 is 0. The Labute approximate surface area is 137 Å². The second-order valence-electron chi connectivity index (χ2n) is 6.90. The number of isocyanates is 2. The van der Waals surface area contributed by atoms with Crippen LogP contribution in [-0.4, -0.2) is 61.4 Å². The molecule has 132 valence electrons. The van der Waals surface area contributed by atoms with Crippen molar-refractivity contribution in [3.8, 4) is 0 Å². The Kier molecular flexibility index (Phi) is 10.6. The summed E-state index contributed by atoms with van der Waals surface area (Å²) in [7, 11) is 0. The highest BCUT2D eigenvalue weighted by Crippen LogP contribution is 2.47. The molecule has 1 saturated carbocycles. The van der Waals surface area contributed by atoms with Crippen LogP contribution < -0.4 is 0 Å². The predicted octanol–water partition coefficient (Wildman–Crippen LogP) is 1.23. The molecule has 1 rings (SSSR count). The fourth-order valence-electron chi connectivity index (χ4n) is 3.32. The molecule has 1 aliphatic carbocycles. The second-order valence-corrected chi connectivity index (χ2v) is 6.90. The maximum absolute atomic E-state index is 10.3. The summed E-state index contributed by atoms with van der Waals surface area (Å²) in [5, 5.41) is 16.2. The summed E-state index contributed by atoms with van der Waals surface area (Å²) in [4.78, 5) is 28.0. The number of aliphatic imine (C=N–C) groups is 2. The molecule has 0 saturated heterocycles. The van der Waals surface area contributed by atoms with Crippen LogP contribution in [0.2, 0.25) is 0 Å². The van der Waals surface area contributed by atoms with E-state index in [0.29, 0.717) is 19.8 Å². The topological polar surface area (TPSA) is 109 Å². The average Bonchev–Trinajstić information content (AvgIpc) is 2.45. The summed E-state index contributed by atoms with van der Waals surface area (Å²) in [6.07, 6.45) is 5.88. The Morgan fingerprint density at radius 1 is 1.09 bits per heavy atom. The van der Waals surface area contributed by atoms with Gasteiger partial charge >= 0.3 is 0 Å². The van der Waals surface area contributed by atoms with Gasteiger partial charge in [0.05, 0.1) is 39.0 Å². The van der Waals surface area contributed by atoms with E-state index in [1.165, 1.54) is 0 Å². The first kappa shape index (κ1) is 21.6. The maximum Gasteiger partial charge on any atom is 0.235 e. The number of carbonyl (C=O) groups excluding carboxylic acids is 2. The van der Waals surface area contributed by atoms with Crippen molar-refractivity contribution in [3.05, 3.63) is 0 Å². The van der Waals surface area contributed by atoms with E-state index in [-0.39, 0.29) is 30.1 Å². The molecule has 0 radical (unpaired) electrons. The average molecular weight is 328 g/mol. The molecular formula is C16H28N2O5. The third-order valence-electron chi connectivity index (χ3n) is 3.65. The first-order valence-corrected chi connectivity index (χ1v) is 7.72. The van der Waals surface area contributed by atoms with Crippen molar-refractivity contribution in [1.29, 1.82) is 0 Å². The minimum absolute atomic E-state index is 0.00750. The van der Waals surface area contributed by atoms with Gasteiger partial charge in [-0.25, -0.2) is 19.6 Å². The summed E-state index contributed by atoms with van der Waals surface area (Å²) in [6.45, 7) is 7.55. The van der Waals surface area contributed by atoms with Gasteiger partial charge in [-0.1, -0.05) is 20.8 Å². The Morgan fingerprint density at radius 3 is 2.17 bits per heavy atom. The highest BCUT2D eigenvalue weighted by Gasteiger charge is 2.41. The van der Waals surface area contributed by atoms with E-state index in [1.54, 1.807) is 12.2 Å². The van der Waals surface area contributed by atoms with E-state index in [2.05, 4.69) is 35.5 Å². The van der Waals surface area contributed by atoms with Gasteiger partial charge in [0.15, 0.2) is 0 Å². The van der Waals surface area contributed by atoms with Gasteiger partial charge < -0.3 is 14.9 Å². The van der Waals surface area contributed by atoms with E-state index in [1.807, 2.05) is 0 Å². The van der Waals surface area contributed by atoms with Crippen LogP contribution in [0.1, 0.15) is 40.0 Å². The molecule has 1 aliphatic rings. The number of aliphatic hydroxyl groups excluding tert-OH is 2. The number of hydrogen-bond acceptors (Lipinski definition) is 7. The smallest absolute Gasteiger partial charge is 0.235 e. The minimum atomic E-state index is -0.0653. The lowest BCUT2D eigenvalue weighted by Crippen LogP contribution is -2.39. The molecule has 0 aromatic heterocycles. The lowest BCUT2D eigenvalue weighted by Gasteiger charge is -2.44. The van der Waals surface area contributed by atoms with Crippen molar-refractivity contribution in [3.63, 3.8) is 0 Å². The van der Waals surface area contributed by atoms with Crippen LogP contribution in [0.25, 0.3) is 0 Å². The molecule has 7 heteroatoms. The van der Waals surface area contributed by atoms with E-state index >= 15 is 0 Å². The van der Waals surface area contributed by atoms with E-state index in [4.69, 9.17) is 10.2 Å². The molecular weight excluding hydrogens is 300 g/mol. The molecule has 0 aromatic rings. The molecule has 0 heterocycles. The van der Waals surface area contributed by atoms with Gasteiger partial charge in [0.25, 0.3) is 0 Å². The quantitative estimate of drug-likeness (QED) is 0.415. The number of ether oxygens (including phenoxy) is 1. The molecule has 0 spiro atoms. The van der Waals surface area contributed by atoms with Crippen molar-refractivity contribution in [2.45, 2.75) is 46.1 Å². The largest absolute Gasteiger partial charge is 0.394 e. The number of rotatable bonds is 7. The second kappa shape index (κ2) is 11.2. The molecule has 7 nitrogen and oxygen atoms in total. The molecule has 2 unspecified atom stereocenters. The molecule has 23 heavy (non-hydrogen) atoms. The highest BCUT2D eigenvalue weighted by atomic mass is 16.5. The van der Waals surface area contributed by atoms with Gasteiger partial charge in [-0.2, -0.15) is 0 Å². The molecule has 0 amide bonds. The van der Waals surface area contributed by atoms with Crippen LogP contribution >= 0.6 is 0 Å². The maximum atomic E-state index is 10.3.